The van der Waals surface area contributed by atoms with Crippen LogP contribution in [0, 0.1) is 17.2 Å². The molecule has 0 unspecified atom stereocenters. The molecule has 3 rings (SSSR count). The van der Waals surface area contributed by atoms with Gasteiger partial charge in [0.25, 0.3) is 5.56 Å². The van der Waals surface area contributed by atoms with E-state index in [4.69, 9.17) is 4.74 Å². The van der Waals surface area contributed by atoms with Gasteiger partial charge in [0.2, 0.25) is 5.95 Å². The minimum atomic E-state index is -0.521. The van der Waals surface area contributed by atoms with Crippen LogP contribution < -0.4 is 15.7 Å². The van der Waals surface area contributed by atoms with Crippen molar-refractivity contribution in [1.82, 2.24) is 9.97 Å². The molecule has 152 valence electrons. The number of hydrogen-bond acceptors (Lipinski definition) is 6. The number of nitrogens with one attached hydrogen (secondary N) is 2. The number of nitrogens with zero attached hydrogens (tertiary/aromatic N) is 3. The lowest BCUT2D eigenvalue weighted by molar-refractivity contribution is 0.289. The Morgan fingerprint density at radius 2 is 1.93 bits per heavy atom. The first-order valence-corrected chi connectivity index (χ1v) is 9.68. The van der Waals surface area contributed by atoms with Gasteiger partial charge in [-0.15, -0.1) is 0 Å². The van der Waals surface area contributed by atoms with E-state index in [2.05, 4.69) is 34.3 Å². The number of ether oxygens (including phenoxy) is 1. The molecule has 0 radical (unpaired) electrons. The molecular weight excluding hydrogens is 378 g/mol. The van der Waals surface area contributed by atoms with Crippen molar-refractivity contribution in [2.45, 2.75) is 20.3 Å². The largest absolute Gasteiger partial charge is 0.494 e. The van der Waals surface area contributed by atoms with Gasteiger partial charge in [-0.3, -0.25) is 9.78 Å². The summed E-state index contributed by atoms with van der Waals surface area (Å²) in [5.41, 5.74) is 4.01. The second-order valence-electron chi connectivity index (χ2n) is 7.09. The quantitative estimate of drug-likeness (QED) is 0.435. The zero-order chi connectivity index (χ0) is 21.3. The Hall–Kier alpha value is -3.92. The van der Waals surface area contributed by atoms with Crippen LogP contribution in [0.2, 0.25) is 0 Å². The molecule has 0 aliphatic heterocycles. The van der Waals surface area contributed by atoms with E-state index < -0.39 is 5.56 Å². The van der Waals surface area contributed by atoms with Gasteiger partial charge >= 0.3 is 0 Å². The van der Waals surface area contributed by atoms with Crippen molar-refractivity contribution in [3.8, 4) is 23.1 Å². The highest BCUT2D eigenvalue weighted by atomic mass is 16.5. The minimum Gasteiger partial charge on any atom is -0.494 e. The highest BCUT2D eigenvalue weighted by Gasteiger charge is 2.12. The molecule has 30 heavy (non-hydrogen) atoms. The molecule has 0 bridgehead atoms. The fourth-order valence-electron chi connectivity index (χ4n) is 2.67. The molecule has 7 heteroatoms. The number of rotatable bonds is 8. The lowest BCUT2D eigenvalue weighted by atomic mass is 10.1. The third kappa shape index (κ3) is 5.55. The topological polar surface area (TPSA) is 103 Å². The molecule has 0 aliphatic rings. The average Bonchev–Trinajstić information content (AvgIpc) is 2.75. The number of anilines is 1. The Morgan fingerprint density at radius 1 is 1.20 bits per heavy atom. The highest BCUT2D eigenvalue weighted by molar-refractivity contribution is 5.80. The Labute approximate surface area is 175 Å². The maximum absolute atomic E-state index is 12.2. The van der Waals surface area contributed by atoms with E-state index in [1.165, 1.54) is 0 Å². The van der Waals surface area contributed by atoms with Gasteiger partial charge in [-0.25, -0.2) is 10.4 Å². The van der Waals surface area contributed by atoms with Gasteiger partial charge in [0, 0.05) is 5.56 Å². The second kappa shape index (κ2) is 10.0. The monoisotopic (exact) mass is 401 g/mol. The molecule has 0 saturated heterocycles. The number of hydrazone groups is 1. The molecular formula is C23H23N5O2. The number of aromatic amines is 1. The summed E-state index contributed by atoms with van der Waals surface area (Å²) in [5.74, 6) is 1.57. The van der Waals surface area contributed by atoms with Crippen molar-refractivity contribution in [3.05, 3.63) is 76.1 Å². The number of nitriles is 1. The van der Waals surface area contributed by atoms with Crippen molar-refractivity contribution in [3.63, 3.8) is 0 Å². The normalized spacial score (nSPS) is 10.9. The van der Waals surface area contributed by atoms with Crippen LogP contribution in [0.25, 0.3) is 11.3 Å². The summed E-state index contributed by atoms with van der Waals surface area (Å²) in [7, 11) is 0. The van der Waals surface area contributed by atoms with Gasteiger partial charge in [0.1, 0.15) is 17.4 Å². The van der Waals surface area contributed by atoms with Crippen molar-refractivity contribution in [2.75, 3.05) is 12.0 Å². The van der Waals surface area contributed by atoms with Crippen molar-refractivity contribution in [2.24, 2.45) is 11.0 Å². The van der Waals surface area contributed by atoms with E-state index >= 15 is 0 Å². The summed E-state index contributed by atoms with van der Waals surface area (Å²) < 4.78 is 5.70. The van der Waals surface area contributed by atoms with Crippen LogP contribution in [0.4, 0.5) is 5.95 Å². The predicted octanol–water partition coefficient (Wildman–Crippen LogP) is 4.18. The van der Waals surface area contributed by atoms with Crippen LogP contribution in [0.5, 0.6) is 5.75 Å². The van der Waals surface area contributed by atoms with Crippen LogP contribution >= 0.6 is 0 Å². The van der Waals surface area contributed by atoms with E-state index in [-0.39, 0.29) is 11.5 Å². The van der Waals surface area contributed by atoms with Gasteiger partial charge in [-0.05, 0) is 42.2 Å². The van der Waals surface area contributed by atoms with Crippen LogP contribution in [-0.4, -0.2) is 22.8 Å². The first kappa shape index (κ1) is 20.8. The summed E-state index contributed by atoms with van der Waals surface area (Å²) in [4.78, 5) is 19.1. The summed E-state index contributed by atoms with van der Waals surface area (Å²) in [6.07, 6.45) is 2.62. The molecule has 0 amide bonds. The fraction of sp³-hybridized carbons (Fsp3) is 0.217. The van der Waals surface area contributed by atoms with Crippen molar-refractivity contribution < 1.29 is 4.74 Å². The van der Waals surface area contributed by atoms with Crippen molar-refractivity contribution in [1.29, 1.82) is 5.26 Å². The molecule has 1 aromatic heterocycles. The first-order chi connectivity index (χ1) is 14.6. The molecule has 2 aromatic carbocycles. The van der Waals surface area contributed by atoms with Gasteiger partial charge < -0.3 is 4.74 Å². The molecule has 1 heterocycles. The molecule has 3 aromatic rings. The maximum atomic E-state index is 12.2. The van der Waals surface area contributed by atoms with Gasteiger partial charge in [-0.2, -0.15) is 10.4 Å². The average molecular weight is 401 g/mol. The minimum absolute atomic E-state index is 0.0382. The predicted molar refractivity (Wildman–Crippen MR) is 118 cm³/mol. The number of hydrogen-bond donors (Lipinski definition) is 2. The standard InChI is InChI=1S/C23H23N5O2/c1-16(2)12-13-30-19-10-8-17(9-11-19)15-25-28-23-26-21(18-6-4-3-5-7-18)20(14-24)22(29)27-23/h3-11,15-16H,12-13H2,1-2H3,(H2,26,27,28,29). The molecule has 0 fully saturated rings. The molecule has 0 atom stereocenters. The maximum Gasteiger partial charge on any atom is 0.270 e. The lowest BCUT2D eigenvalue weighted by Gasteiger charge is -2.08. The fourth-order valence-corrected chi connectivity index (χ4v) is 2.67. The summed E-state index contributed by atoms with van der Waals surface area (Å²) >= 11 is 0. The van der Waals surface area contributed by atoms with Gasteiger partial charge in [0.05, 0.1) is 18.5 Å². The van der Waals surface area contributed by atoms with E-state index in [1.54, 1.807) is 18.3 Å². The molecule has 0 saturated carbocycles. The van der Waals surface area contributed by atoms with E-state index in [0.29, 0.717) is 23.8 Å². The zero-order valence-corrected chi connectivity index (χ0v) is 16.9. The second-order valence-corrected chi connectivity index (χ2v) is 7.09. The Morgan fingerprint density at radius 3 is 2.60 bits per heavy atom. The number of H-pyrrole nitrogens is 1. The first-order valence-electron chi connectivity index (χ1n) is 9.68. The number of benzene rings is 2. The Bertz CT molecular complexity index is 1100. The third-order valence-corrected chi connectivity index (χ3v) is 4.31. The van der Waals surface area contributed by atoms with Crippen LogP contribution in [0.3, 0.4) is 0 Å². The Balaban J connectivity index is 1.70. The van der Waals surface area contributed by atoms with E-state index in [1.807, 2.05) is 48.5 Å². The summed E-state index contributed by atoms with van der Waals surface area (Å²) in [6, 6.07) is 18.5. The molecule has 0 spiro atoms. The van der Waals surface area contributed by atoms with Crippen LogP contribution in [0.1, 0.15) is 31.4 Å². The molecule has 0 aliphatic carbocycles. The van der Waals surface area contributed by atoms with Crippen LogP contribution in [0.15, 0.2) is 64.5 Å². The summed E-state index contributed by atoms with van der Waals surface area (Å²) in [5, 5.41) is 13.4. The third-order valence-electron chi connectivity index (χ3n) is 4.31. The lowest BCUT2D eigenvalue weighted by Crippen LogP contribution is -2.16. The highest BCUT2D eigenvalue weighted by Crippen LogP contribution is 2.19. The van der Waals surface area contributed by atoms with E-state index in [0.717, 1.165) is 17.7 Å². The van der Waals surface area contributed by atoms with Gasteiger partial charge in [0.15, 0.2) is 0 Å². The zero-order valence-electron chi connectivity index (χ0n) is 16.9. The van der Waals surface area contributed by atoms with Gasteiger partial charge in [-0.1, -0.05) is 44.2 Å². The molecule has 7 nitrogen and oxygen atoms in total. The SMILES string of the molecule is CC(C)CCOc1ccc(C=NNc2nc(-c3ccccc3)c(C#N)c(=O)[nH]2)cc1. The summed E-state index contributed by atoms with van der Waals surface area (Å²) in [6.45, 7) is 5.01. The van der Waals surface area contributed by atoms with Crippen LogP contribution in [-0.2, 0) is 0 Å². The smallest absolute Gasteiger partial charge is 0.270 e. The Kier molecular flexibility index (Phi) is 6.95. The van der Waals surface area contributed by atoms with E-state index in [9.17, 15) is 10.1 Å². The van der Waals surface area contributed by atoms with Crippen molar-refractivity contribution >= 4 is 12.2 Å². The number of aromatic nitrogens is 2. The molecule has 2 N–H and O–H groups in total.